The van der Waals surface area contributed by atoms with Crippen LogP contribution in [0.5, 0.6) is 0 Å². The van der Waals surface area contributed by atoms with E-state index in [1.54, 1.807) is 0 Å². The summed E-state index contributed by atoms with van der Waals surface area (Å²) in [4.78, 5) is 4.91. The fourth-order valence-corrected chi connectivity index (χ4v) is 3.04. The second-order valence-corrected chi connectivity index (χ2v) is 5.53. The van der Waals surface area contributed by atoms with Gasteiger partial charge in [-0.05, 0) is 24.6 Å². The van der Waals surface area contributed by atoms with Crippen LogP contribution in [0.15, 0.2) is 18.2 Å². The number of halogens is 2. The van der Waals surface area contributed by atoms with E-state index in [9.17, 15) is 14.0 Å². The summed E-state index contributed by atoms with van der Waals surface area (Å²) in [6.07, 6.45) is 1.77. The van der Waals surface area contributed by atoms with Crippen LogP contribution >= 0.6 is 11.3 Å². The summed E-state index contributed by atoms with van der Waals surface area (Å²) in [6.45, 7) is 2.04. The van der Waals surface area contributed by atoms with Crippen LogP contribution in [-0.4, -0.2) is 14.6 Å². The van der Waals surface area contributed by atoms with E-state index in [2.05, 4.69) is 10.1 Å². The average molecular weight is 304 g/mol. The number of fused-ring (bicyclic) bond motifs is 1. The average Bonchev–Trinajstić information content (AvgIpc) is 2.99. The third-order valence-corrected chi connectivity index (χ3v) is 3.98. The van der Waals surface area contributed by atoms with Crippen LogP contribution in [0, 0.1) is 23.0 Å². The van der Waals surface area contributed by atoms with Crippen LogP contribution in [0.2, 0.25) is 0 Å². The van der Waals surface area contributed by atoms with Crippen LogP contribution < -0.4 is 0 Å². The molecule has 0 N–H and O–H groups in total. The number of imidazole rings is 1. The summed E-state index contributed by atoms with van der Waals surface area (Å²) in [6, 6.07) is 5.50. The zero-order valence-corrected chi connectivity index (χ0v) is 11.9. The summed E-state index contributed by atoms with van der Waals surface area (Å²) in [5.74, 6) is -1.89. The Balaban J connectivity index is 2.16. The standard InChI is InChI=1S/C14H10F2N4S/c1-2-3-12-19-20-11(7-17)13(18-14(20)21-12)8-4-5-9(15)10(16)6-8/h4-6H,2-3H2,1H3. The topological polar surface area (TPSA) is 54.0 Å². The van der Waals surface area contributed by atoms with Gasteiger partial charge in [0.05, 0.1) is 0 Å². The van der Waals surface area contributed by atoms with Gasteiger partial charge in [0, 0.05) is 12.0 Å². The highest BCUT2D eigenvalue weighted by molar-refractivity contribution is 7.16. The van der Waals surface area contributed by atoms with Crippen LogP contribution in [-0.2, 0) is 6.42 Å². The molecule has 0 radical (unpaired) electrons. The molecule has 0 bridgehead atoms. The van der Waals surface area contributed by atoms with Gasteiger partial charge in [0.1, 0.15) is 16.8 Å². The van der Waals surface area contributed by atoms with E-state index in [0.29, 0.717) is 16.2 Å². The van der Waals surface area contributed by atoms with E-state index in [-0.39, 0.29) is 5.69 Å². The lowest BCUT2D eigenvalue weighted by Crippen LogP contribution is -1.93. The predicted molar refractivity (Wildman–Crippen MR) is 74.9 cm³/mol. The molecule has 106 valence electrons. The van der Waals surface area contributed by atoms with Gasteiger partial charge < -0.3 is 0 Å². The third kappa shape index (κ3) is 2.28. The van der Waals surface area contributed by atoms with Crippen molar-refractivity contribution in [3.8, 4) is 17.3 Å². The summed E-state index contributed by atoms with van der Waals surface area (Å²) in [5, 5.41) is 14.6. The molecule has 0 fully saturated rings. The third-order valence-electron chi connectivity index (χ3n) is 3.01. The van der Waals surface area contributed by atoms with Gasteiger partial charge in [-0.2, -0.15) is 14.9 Å². The Labute approximate surface area is 123 Å². The molecule has 1 aromatic carbocycles. The van der Waals surface area contributed by atoms with Crippen molar-refractivity contribution >= 4 is 16.3 Å². The largest absolute Gasteiger partial charge is 0.216 e. The Kier molecular flexibility index (Phi) is 3.39. The minimum atomic E-state index is -0.965. The van der Waals surface area contributed by atoms with Crippen molar-refractivity contribution in [3.05, 3.63) is 40.5 Å². The zero-order chi connectivity index (χ0) is 15.0. The van der Waals surface area contributed by atoms with Crippen LogP contribution in [0.3, 0.4) is 0 Å². The lowest BCUT2D eigenvalue weighted by Gasteiger charge is -1.99. The van der Waals surface area contributed by atoms with Crippen LogP contribution in [0.1, 0.15) is 24.0 Å². The van der Waals surface area contributed by atoms with Gasteiger partial charge in [-0.25, -0.2) is 13.8 Å². The Morgan fingerprint density at radius 3 is 2.81 bits per heavy atom. The summed E-state index contributed by atoms with van der Waals surface area (Å²) >= 11 is 1.40. The molecule has 0 atom stereocenters. The molecule has 0 saturated heterocycles. The monoisotopic (exact) mass is 304 g/mol. The Morgan fingerprint density at radius 1 is 1.33 bits per heavy atom. The van der Waals surface area contributed by atoms with Gasteiger partial charge in [-0.1, -0.05) is 18.3 Å². The van der Waals surface area contributed by atoms with E-state index in [1.165, 1.54) is 21.9 Å². The van der Waals surface area contributed by atoms with E-state index < -0.39 is 11.6 Å². The fraction of sp³-hybridized carbons (Fsp3) is 0.214. The lowest BCUT2D eigenvalue weighted by molar-refractivity contribution is 0.509. The minimum absolute atomic E-state index is 0.231. The van der Waals surface area contributed by atoms with Crippen molar-refractivity contribution in [3.63, 3.8) is 0 Å². The van der Waals surface area contributed by atoms with Crippen LogP contribution in [0.25, 0.3) is 16.2 Å². The van der Waals surface area contributed by atoms with E-state index >= 15 is 0 Å². The fourth-order valence-electron chi connectivity index (χ4n) is 2.05. The summed E-state index contributed by atoms with van der Waals surface area (Å²) in [5.41, 5.74) is 0.910. The first-order valence-corrected chi connectivity index (χ1v) is 7.19. The molecule has 21 heavy (non-hydrogen) atoms. The second kappa shape index (κ2) is 5.22. The van der Waals surface area contributed by atoms with E-state index in [1.807, 2.05) is 13.0 Å². The van der Waals surface area contributed by atoms with E-state index in [0.717, 1.165) is 30.0 Å². The zero-order valence-electron chi connectivity index (χ0n) is 11.1. The predicted octanol–water partition coefficient (Wildman–Crippen LogP) is 3.56. The van der Waals surface area contributed by atoms with Gasteiger partial charge in [-0.3, -0.25) is 0 Å². The molecule has 2 heterocycles. The van der Waals surface area contributed by atoms with Gasteiger partial charge >= 0.3 is 0 Å². The molecule has 0 saturated carbocycles. The summed E-state index contributed by atoms with van der Waals surface area (Å²) in [7, 11) is 0. The van der Waals surface area contributed by atoms with Crippen molar-refractivity contribution in [2.75, 3.05) is 0 Å². The SMILES string of the molecule is CCCc1nn2c(C#N)c(-c3ccc(F)c(F)c3)nc2s1. The highest BCUT2D eigenvalue weighted by Gasteiger charge is 2.18. The van der Waals surface area contributed by atoms with Crippen LogP contribution in [0.4, 0.5) is 8.78 Å². The maximum absolute atomic E-state index is 13.3. The molecule has 0 amide bonds. The number of hydrogen-bond donors (Lipinski definition) is 0. The number of rotatable bonds is 3. The maximum Gasteiger partial charge on any atom is 0.214 e. The molecular formula is C14H10F2N4S. The Bertz CT molecular complexity index is 860. The molecule has 3 aromatic rings. The molecule has 0 spiro atoms. The first kappa shape index (κ1) is 13.6. The molecule has 7 heteroatoms. The first-order valence-electron chi connectivity index (χ1n) is 6.38. The number of hydrogen-bond acceptors (Lipinski definition) is 4. The van der Waals surface area contributed by atoms with Crippen molar-refractivity contribution < 1.29 is 8.78 Å². The number of nitrogens with zero attached hydrogens (tertiary/aromatic N) is 4. The smallest absolute Gasteiger partial charge is 0.214 e. The van der Waals surface area contributed by atoms with Crippen molar-refractivity contribution in [1.82, 2.24) is 14.6 Å². The lowest BCUT2D eigenvalue weighted by atomic mass is 10.1. The molecule has 0 aliphatic carbocycles. The maximum atomic E-state index is 13.3. The van der Waals surface area contributed by atoms with Crippen molar-refractivity contribution in [2.45, 2.75) is 19.8 Å². The minimum Gasteiger partial charge on any atom is -0.216 e. The number of benzene rings is 1. The van der Waals surface area contributed by atoms with Gasteiger partial charge in [0.15, 0.2) is 17.3 Å². The Morgan fingerprint density at radius 2 is 2.14 bits per heavy atom. The number of aromatic nitrogens is 3. The number of aryl methyl sites for hydroxylation is 1. The molecule has 2 aromatic heterocycles. The van der Waals surface area contributed by atoms with Crippen molar-refractivity contribution in [2.24, 2.45) is 0 Å². The Hall–Kier alpha value is -2.33. The van der Waals surface area contributed by atoms with Crippen molar-refractivity contribution in [1.29, 1.82) is 5.26 Å². The molecule has 0 aliphatic rings. The molecule has 0 unspecified atom stereocenters. The summed E-state index contributed by atoms with van der Waals surface area (Å²) < 4.78 is 27.8. The normalized spacial score (nSPS) is 11.0. The highest BCUT2D eigenvalue weighted by atomic mass is 32.1. The van der Waals surface area contributed by atoms with Gasteiger partial charge in [0.2, 0.25) is 4.96 Å². The first-order chi connectivity index (χ1) is 10.1. The van der Waals surface area contributed by atoms with Gasteiger partial charge in [-0.15, -0.1) is 0 Å². The molecule has 0 aliphatic heterocycles. The number of nitriles is 1. The van der Waals surface area contributed by atoms with Gasteiger partial charge in [0.25, 0.3) is 0 Å². The van der Waals surface area contributed by atoms with E-state index in [4.69, 9.17) is 0 Å². The molecule has 4 nitrogen and oxygen atoms in total. The molecular weight excluding hydrogens is 294 g/mol. The highest BCUT2D eigenvalue weighted by Crippen LogP contribution is 2.27. The molecule has 3 rings (SSSR count). The quantitative estimate of drug-likeness (QED) is 0.743. The second-order valence-electron chi connectivity index (χ2n) is 4.49.